The maximum absolute atomic E-state index is 4.82. The Balaban J connectivity index is 0.000000861. The molecule has 1 atom stereocenters. The molecule has 2 aliphatic rings. The Bertz CT molecular complexity index is 427. The van der Waals surface area contributed by atoms with Crippen molar-refractivity contribution in [1.29, 1.82) is 0 Å². The molecule has 3 heteroatoms. The summed E-state index contributed by atoms with van der Waals surface area (Å²) in [6, 6.07) is 0. The van der Waals surface area contributed by atoms with Crippen LogP contribution >= 0.6 is 0 Å². The van der Waals surface area contributed by atoms with Crippen LogP contribution in [0.2, 0.25) is 0 Å². The molecule has 1 unspecified atom stereocenters. The molecule has 0 fully saturated rings. The maximum Gasteiger partial charge on any atom is 0.149 e. The molecule has 0 saturated heterocycles. The Hall–Kier alpha value is -1.38. The molecular weight excluding hydrogens is 234 g/mol. The second kappa shape index (κ2) is 5.72. The Kier molecular flexibility index (Phi) is 4.72. The van der Waals surface area contributed by atoms with Crippen molar-refractivity contribution in [3.63, 3.8) is 0 Å². The van der Waals surface area contributed by atoms with Crippen molar-refractivity contribution in [2.75, 3.05) is 0 Å². The molecule has 2 rings (SSSR count). The predicted molar refractivity (Wildman–Crippen MR) is 84.4 cm³/mol. The molecule has 0 aromatic rings. The Labute approximate surface area is 117 Å². The van der Waals surface area contributed by atoms with Gasteiger partial charge in [0.15, 0.2) is 0 Å². The van der Waals surface area contributed by atoms with E-state index in [9.17, 15) is 0 Å². The summed E-state index contributed by atoms with van der Waals surface area (Å²) in [5.41, 5.74) is -0.137. The van der Waals surface area contributed by atoms with Gasteiger partial charge < -0.3 is 0 Å². The van der Waals surface area contributed by atoms with Crippen molar-refractivity contribution in [2.24, 2.45) is 21.4 Å². The summed E-state index contributed by atoms with van der Waals surface area (Å²) in [4.78, 5) is 4.82. The molecule has 3 nitrogen and oxygen atoms in total. The number of hydrogen-bond acceptors (Lipinski definition) is 3. The number of allylic oxidation sites excluding steroid dienone is 1. The number of aliphatic imine (C=N–C) groups is 1. The minimum absolute atomic E-state index is 0.0120. The molecule has 0 saturated carbocycles. The molecule has 0 aromatic heterocycles. The SMILES string of the molecule is CC.CC(C)C1(C)C=CN2N=CC(C)(C)C=CC2=N1. The Morgan fingerprint density at radius 3 is 2.32 bits per heavy atom. The molecule has 106 valence electrons. The van der Waals surface area contributed by atoms with Gasteiger partial charge in [0.1, 0.15) is 5.84 Å². The van der Waals surface area contributed by atoms with Gasteiger partial charge in [-0.3, -0.25) is 4.99 Å². The standard InChI is InChI=1S/C14H21N3.C2H6/c1-11(2)14(5)8-9-17-12(16-14)6-7-13(3,4)10-15-17;1-2/h6-11H,1-5H3;1-2H3. The zero-order valence-corrected chi connectivity index (χ0v) is 13.3. The van der Waals surface area contributed by atoms with Crippen LogP contribution in [0.5, 0.6) is 0 Å². The van der Waals surface area contributed by atoms with E-state index in [2.05, 4.69) is 57.9 Å². The van der Waals surface area contributed by atoms with Gasteiger partial charge in [0.25, 0.3) is 0 Å². The van der Waals surface area contributed by atoms with Crippen LogP contribution in [0.1, 0.15) is 48.5 Å². The molecule has 19 heavy (non-hydrogen) atoms. The van der Waals surface area contributed by atoms with Crippen LogP contribution in [0.25, 0.3) is 0 Å². The van der Waals surface area contributed by atoms with Crippen LogP contribution in [0.3, 0.4) is 0 Å². The molecule has 0 aliphatic carbocycles. The zero-order chi connectivity index (χ0) is 14.7. The lowest BCUT2D eigenvalue weighted by Gasteiger charge is -2.32. The maximum atomic E-state index is 4.82. The average molecular weight is 261 g/mol. The number of fused-ring (bicyclic) bond motifs is 1. The van der Waals surface area contributed by atoms with Gasteiger partial charge in [0.2, 0.25) is 0 Å². The third kappa shape index (κ3) is 3.55. The smallest absolute Gasteiger partial charge is 0.149 e. The third-order valence-corrected chi connectivity index (χ3v) is 3.49. The first-order chi connectivity index (χ1) is 8.82. The highest BCUT2D eigenvalue weighted by molar-refractivity contribution is 5.96. The predicted octanol–water partition coefficient (Wildman–Crippen LogP) is 4.24. The number of amidine groups is 1. The highest BCUT2D eigenvalue weighted by atomic mass is 15.5. The number of hydrogen-bond donors (Lipinski definition) is 0. The normalized spacial score (nSPS) is 27.4. The fourth-order valence-electron chi connectivity index (χ4n) is 1.71. The van der Waals surface area contributed by atoms with Gasteiger partial charge in [0.05, 0.1) is 5.54 Å². The molecule has 2 aliphatic heterocycles. The van der Waals surface area contributed by atoms with Gasteiger partial charge in [-0.1, -0.05) is 47.6 Å². The number of hydrazone groups is 1. The van der Waals surface area contributed by atoms with E-state index in [1.54, 1.807) is 0 Å². The van der Waals surface area contributed by atoms with Gasteiger partial charge in [-0.15, -0.1) is 0 Å². The first-order valence-corrected chi connectivity index (χ1v) is 7.15. The molecular formula is C16H27N3. The van der Waals surface area contributed by atoms with Crippen molar-refractivity contribution in [1.82, 2.24) is 5.01 Å². The fourth-order valence-corrected chi connectivity index (χ4v) is 1.71. The molecule has 0 aromatic carbocycles. The van der Waals surface area contributed by atoms with E-state index in [-0.39, 0.29) is 11.0 Å². The minimum atomic E-state index is -0.125. The minimum Gasteiger partial charge on any atom is -0.256 e. The van der Waals surface area contributed by atoms with Crippen molar-refractivity contribution in [3.05, 3.63) is 24.4 Å². The Morgan fingerprint density at radius 1 is 1.11 bits per heavy atom. The lowest BCUT2D eigenvalue weighted by atomic mass is 9.88. The summed E-state index contributed by atoms with van der Waals surface area (Å²) in [5, 5.41) is 6.29. The quantitative estimate of drug-likeness (QED) is 0.694. The topological polar surface area (TPSA) is 28.0 Å². The summed E-state index contributed by atoms with van der Waals surface area (Å²) in [7, 11) is 0. The lowest BCUT2D eigenvalue weighted by Crippen LogP contribution is -2.35. The second-order valence-electron chi connectivity index (χ2n) is 5.91. The van der Waals surface area contributed by atoms with Crippen molar-refractivity contribution >= 4 is 12.1 Å². The summed E-state index contributed by atoms with van der Waals surface area (Å²) in [6.45, 7) is 14.8. The first-order valence-electron chi connectivity index (χ1n) is 7.15. The molecule has 0 N–H and O–H groups in total. The van der Waals surface area contributed by atoms with Crippen LogP contribution in [-0.4, -0.2) is 22.6 Å². The summed E-state index contributed by atoms with van der Waals surface area (Å²) >= 11 is 0. The fraction of sp³-hybridized carbons (Fsp3) is 0.625. The molecule has 0 amide bonds. The monoisotopic (exact) mass is 261 g/mol. The van der Waals surface area contributed by atoms with Crippen LogP contribution in [-0.2, 0) is 0 Å². The largest absolute Gasteiger partial charge is 0.256 e. The second-order valence-corrected chi connectivity index (χ2v) is 5.91. The van der Waals surface area contributed by atoms with E-state index < -0.39 is 0 Å². The van der Waals surface area contributed by atoms with Gasteiger partial charge >= 0.3 is 0 Å². The summed E-state index contributed by atoms with van der Waals surface area (Å²) in [6.07, 6.45) is 10.3. The van der Waals surface area contributed by atoms with E-state index >= 15 is 0 Å². The van der Waals surface area contributed by atoms with Crippen LogP contribution < -0.4 is 0 Å². The number of nitrogens with zero attached hydrogens (tertiary/aromatic N) is 3. The molecule has 2 heterocycles. The molecule has 0 spiro atoms. The number of rotatable bonds is 1. The first kappa shape index (κ1) is 15.7. The van der Waals surface area contributed by atoms with Crippen molar-refractivity contribution in [3.8, 4) is 0 Å². The van der Waals surface area contributed by atoms with E-state index in [1.165, 1.54) is 0 Å². The zero-order valence-electron chi connectivity index (χ0n) is 13.3. The summed E-state index contributed by atoms with van der Waals surface area (Å²) in [5.74, 6) is 1.40. The van der Waals surface area contributed by atoms with E-state index in [0.29, 0.717) is 5.92 Å². The van der Waals surface area contributed by atoms with E-state index in [1.807, 2.05) is 31.3 Å². The average Bonchev–Trinajstić information content (AvgIpc) is 2.51. The van der Waals surface area contributed by atoms with Crippen molar-refractivity contribution in [2.45, 2.75) is 54.0 Å². The Morgan fingerprint density at radius 2 is 1.74 bits per heavy atom. The highest BCUT2D eigenvalue weighted by Gasteiger charge is 2.30. The van der Waals surface area contributed by atoms with Crippen LogP contribution in [0.15, 0.2) is 34.5 Å². The third-order valence-electron chi connectivity index (χ3n) is 3.49. The molecule has 0 radical (unpaired) electrons. The van der Waals surface area contributed by atoms with Gasteiger partial charge in [-0.2, -0.15) is 5.10 Å². The molecule has 0 bridgehead atoms. The lowest BCUT2D eigenvalue weighted by molar-refractivity contribution is 0.397. The van der Waals surface area contributed by atoms with Crippen LogP contribution in [0, 0.1) is 11.3 Å². The van der Waals surface area contributed by atoms with Crippen LogP contribution in [0.4, 0.5) is 0 Å². The summed E-state index contributed by atoms with van der Waals surface area (Å²) < 4.78 is 0. The highest BCUT2D eigenvalue weighted by Crippen LogP contribution is 2.29. The van der Waals surface area contributed by atoms with Gasteiger partial charge in [-0.25, -0.2) is 5.01 Å². The van der Waals surface area contributed by atoms with Gasteiger partial charge in [-0.05, 0) is 25.0 Å². The van der Waals surface area contributed by atoms with Gasteiger partial charge in [0, 0.05) is 17.8 Å². The van der Waals surface area contributed by atoms with E-state index in [4.69, 9.17) is 4.99 Å². The van der Waals surface area contributed by atoms with E-state index in [0.717, 1.165) is 5.84 Å². The van der Waals surface area contributed by atoms with Crippen molar-refractivity contribution < 1.29 is 0 Å².